The molecule has 12 heavy (non-hydrogen) atoms. The van der Waals surface area contributed by atoms with E-state index < -0.39 is 0 Å². The Morgan fingerprint density at radius 3 is 2.67 bits per heavy atom. The maximum absolute atomic E-state index is 9.47. The van der Waals surface area contributed by atoms with Gasteiger partial charge in [-0.15, -0.1) is 0 Å². The summed E-state index contributed by atoms with van der Waals surface area (Å²) in [6, 6.07) is 0. The molecule has 1 saturated heterocycles. The fourth-order valence-corrected chi connectivity index (χ4v) is 2.20. The van der Waals surface area contributed by atoms with E-state index in [2.05, 4.69) is 4.90 Å². The Hall–Kier alpha value is -0.0800. The Balaban J connectivity index is 1.76. The highest BCUT2D eigenvalue weighted by atomic mass is 16.3. The van der Waals surface area contributed by atoms with E-state index >= 15 is 0 Å². The maximum Gasteiger partial charge on any atom is 0.0664 e. The molecule has 0 aromatic rings. The summed E-state index contributed by atoms with van der Waals surface area (Å²) in [5.41, 5.74) is 0.716. The third-order valence-corrected chi connectivity index (χ3v) is 3.41. The number of β-amino-alcohol motifs (C(OH)–C–C–N with tert-alkyl or cyclic N) is 1. The Kier molecular flexibility index (Phi) is 2.13. The molecule has 1 saturated carbocycles. The summed E-state index contributed by atoms with van der Waals surface area (Å²) in [5.74, 6) is 0. The number of aliphatic hydroxyl groups excluding tert-OH is 1. The summed E-state index contributed by atoms with van der Waals surface area (Å²) in [4.78, 5) is 2.43. The van der Waals surface area contributed by atoms with E-state index in [0.717, 1.165) is 13.0 Å². The van der Waals surface area contributed by atoms with Crippen molar-refractivity contribution in [3.8, 4) is 0 Å². The van der Waals surface area contributed by atoms with Crippen LogP contribution >= 0.6 is 0 Å². The molecule has 1 N–H and O–H groups in total. The van der Waals surface area contributed by atoms with Gasteiger partial charge in [-0.2, -0.15) is 0 Å². The minimum atomic E-state index is -0.0982. The van der Waals surface area contributed by atoms with Crippen molar-refractivity contribution in [2.45, 2.75) is 38.7 Å². The highest BCUT2D eigenvalue weighted by Gasteiger charge is 2.47. The van der Waals surface area contributed by atoms with Crippen LogP contribution in [0.5, 0.6) is 0 Å². The molecule has 1 aliphatic heterocycles. The van der Waals surface area contributed by atoms with Crippen LogP contribution in [0.2, 0.25) is 0 Å². The molecule has 0 aromatic carbocycles. The summed E-state index contributed by atoms with van der Waals surface area (Å²) in [7, 11) is 0. The molecular formula is C10H19NO. The monoisotopic (exact) mass is 169 g/mol. The molecule has 2 fully saturated rings. The van der Waals surface area contributed by atoms with Crippen molar-refractivity contribution < 1.29 is 5.11 Å². The molecule has 0 amide bonds. The first kappa shape index (κ1) is 8.52. The second-order valence-corrected chi connectivity index (χ2v) is 4.55. The van der Waals surface area contributed by atoms with Gasteiger partial charge in [0, 0.05) is 13.1 Å². The van der Waals surface area contributed by atoms with Crippen LogP contribution in [0.4, 0.5) is 0 Å². The largest absolute Gasteiger partial charge is 0.392 e. The summed E-state index contributed by atoms with van der Waals surface area (Å²) in [5, 5.41) is 9.47. The number of hydrogen-bond donors (Lipinski definition) is 1. The fourth-order valence-electron chi connectivity index (χ4n) is 2.20. The zero-order chi connectivity index (χ0) is 8.60. The molecule has 70 valence electrons. The van der Waals surface area contributed by atoms with Gasteiger partial charge in [-0.25, -0.2) is 0 Å². The van der Waals surface area contributed by atoms with E-state index in [-0.39, 0.29) is 6.10 Å². The van der Waals surface area contributed by atoms with E-state index in [1.807, 2.05) is 6.92 Å². The van der Waals surface area contributed by atoms with Crippen LogP contribution in [0.15, 0.2) is 0 Å². The smallest absolute Gasteiger partial charge is 0.0664 e. The van der Waals surface area contributed by atoms with Gasteiger partial charge in [-0.3, -0.25) is 0 Å². The lowest BCUT2D eigenvalue weighted by atomic mass is 10.1. The molecule has 2 nitrogen and oxygen atoms in total. The molecule has 0 radical (unpaired) electrons. The van der Waals surface area contributed by atoms with Crippen molar-refractivity contribution in [2.24, 2.45) is 5.41 Å². The maximum atomic E-state index is 9.47. The van der Waals surface area contributed by atoms with Gasteiger partial charge in [0.15, 0.2) is 0 Å². The van der Waals surface area contributed by atoms with Crippen LogP contribution in [-0.4, -0.2) is 35.7 Å². The summed E-state index contributed by atoms with van der Waals surface area (Å²) < 4.78 is 0. The van der Waals surface area contributed by atoms with Gasteiger partial charge >= 0.3 is 0 Å². The quantitative estimate of drug-likeness (QED) is 0.687. The molecule has 1 atom stereocenters. The average molecular weight is 169 g/mol. The standard InChI is InChI=1S/C10H19NO/c1-2-9(12)7-11-6-5-10(8-11)3-4-10/h9,12H,2-8H2,1H3/t9-/m1/s1. The first-order chi connectivity index (χ1) is 5.74. The zero-order valence-corrected chi connectivity index (χ0v) is 7.92. The van der Waals surface area contributed by atoms with Crippen molar-refractivity contribution in [2.75, 3.05) is 19.6 Å². The third-order valence-electron chi connectivity index (χ3n) is 3.41. The molecule has 2 aliphatic rings. The Bertz CT molecular complexity index is 165. The van der Waals surface area contributed by atoms with Crippen LogP contribution in [0.3, 0.4) is 0 Å². The highest BCUT2D eigenvalue weighted by Crippen LogP contribution is 2.52. The molecule has 2 rings (SSSR count). The van der Waals surface area contributed by atoms with E-state index in [0.29, 0.717) is 5.41 Å². The van der Waals surface area contributed by atoms with Crippen molar-refractivity contribution in [3.63, 3.8) is 0 Å². The van der Waals surface area contributed by atoms with Crippen LogP contribution in [-0.2, 0) is 0 Å². The minimum absolute atomic E-state index is 0.0982. The van der Waals surface area contributed by atoms with E-state index in [1.54, 1.807) is 0 Å². The molecule has 1 heterocycles. The highest BCUT2D eigenvalue weighted by molar-refractivity contribution is 5.00. The number of nitrogens with zero attached hydrogens (tertiary/aromatic N) is 1. The van der Waals surface area contributed by atoms with Crippen molar-refractivity contribution in [1.82, 2.24) is 4.90 Å². The molecular weight excluding hydrogens is 150 g/mol. The number of hydrogen-bond acceptors (Lipinski definition) is 2. The van der Waals surface area contributed by atoms with Crippen molar-refractivity contribution in [3.05, 3.63) is 0 Å². The first-order valence-electron chi connectivity index (χ1n) is 5.14. The second-order valence-electron chi connectivity index (χ2n) is 4.55. The van der Waals surface area contributed by atoms with Crippen molar-refractivity contribution in [1.29, 1.82) is 0 Å². The molecule has 1 spiro atoms. The number of aliphatic hydroxyl groups is 1. The van der Waals surface area contributed by atoms with Gasteiger partial charge in [0.05, 0.1) is 6.10 Å². The normalized spacial score (nSPS) is 29.5. The lowest BCUT2D eigenvalue weighted by molar-refractivity contribution is 0.119. The minimum Gasteiger partial charge on any atom is -0.392 e. The molecule has 2 heteroatoms. The van der Waals surface area contributed by atoms with Crippen LogP contribution in [0.25, 0.3) is 0 Å². The Morgan fingerprint density at radius 2 is 2.17 bits per heavy atom. The van der Waals surface area contributed by atoms with Gasteiger partial charge in [-0.05, 0) is 37.6 Å². The fraction of sp³-hybridized carbons (Fsp3) is 1.00. The van der Waals surface area contributed by atoms with Crippen molar-refractivity contribution >= 4 is 0 Å². The molecule has 0 unspecified atom stereocenters. The van der Waals surface area contributed by atoms with Gasteiger partial charge in [0.1, 0.15) is 0 Å². The van der Waals surface area contributed by atoms with E-state index in [9.17, 15) is 5.11 Å². The van der Waals surface area contributed by atoms with Gasteiger partial charge in [0.25, 0.3) is 0 Å². The third kappa shape index (κ3) is 1.64. The van der Waals surface area contributed by atoms with Gasteiger partial charge in [-0.1, -0.05) is 6.92 Å². The zero-order valence-electron chi connectivity index (χ0n) is 7.92. The Labute approximate surface area is 74.6 Å². The summed E-state index contributed by atoms with van der Waals surface area (Å²) in [6.07, 6.45) is 5.04. The summed E-state index contributed by atoms with van der Waals surface area (Å²) >= 11 is 0. The van der Waals surface area contributed by atoms with Crippen LogP contribution in [0.1, 0.15) is 32.6 Å². The second kappa shape index (κ2) is 3.00. The summed E-state index contributed by atoms with van der Waals surface area (Å²) in [6.45, 7) is 5.42. The topological polar surface area (TPSA) is 23.5 Å². The van der Waals surface area contributed by atoms with E-state index in [1.165, 1.54) is 32.4 Å². The van der Waals surface area contributed by atoms with E-state index in [4.69, 9.17) is 0 Å². The average Bonchev–Trinajstić information content (AvgIpc) is 2.68. The van der Waals surface area contributed by atoms with Crippen LogP contribution in [0, 0.1) is 5.41 Å². The number of rotatable bonds is 3. The Morgan fingerprint density at radius 1 is 1.42 bits per heavy atom. The van der Waals surface area contributed by atoms with Gasteiger partial charge < -0.3 is 10.0 Å². The van der Waals surface area contributed by atoms with Crippen LogP contribution < -0.4 is 0 Å². The number of likely N-dealkylation sites (tertiary alicyclic amines) is 1. The molecule has 0 bridgehead atoms. The predicted molar refractivity (Wildman–Crippen MR) is 49.0 cm³/mol. The first-order valence-corrected chi connectivity index (χ1v) is 5.14. The SMILES string of the molecule is CC[C@@H](O)CN1CCC2(CC2)C1. The van der Waals surface area contributed by atoms with Gasteiger partial charge in [0.2, 0.25) is 0 Å². The lowest BCUT2D eigenvalue weighted by Crippen LogP contribution is -2.30. The molecule has 0 aromatic heterocycles. The molecule has 1 aliphatic carbocycles. The predicted octanol–water partition coefficient (Wildman–Crippen LogP) is 1.24. The lowest BCUT2D eigenvalue weighted by Gasteiger charge is -2.18.